The molecule has 2 unspecified atom stereocenters. The van der Waals surface area contributed by atoms with Gasteiger partial charge in [0, 0.05) is 17.2 Å². The summed E-state index contributed by atoms with van der Waals surface area (Å²) in [5.41, 5.74) is 13.4. The molecule has 5 nitrogen and oxygen atoms in total. The van der Waals surface area contributed by atoms with E-state index in [9.17, 15) is 4.79 Å². The fourth-order valence-corrected chi connectivity index (χ4v) is 4.78. The molecule has 7 heteroatoms. The number of hydrogen-bond donors (Lipinski definition) is 3. The first-order valence-corrected chi connectivity index (χ1v) is 11.3. The van der Waals surface area contributed by atoms with E-state index in [2.05, 4.69) is 37.0 Å². The van der Waals surface area contributed by atoms with Gasteiger partial charge < -0.3 is 16.8 Å². The predicted octanol–water partition coefficient (Wildman–Crippen LogP) is 3.87. The number of thioether (sulfide) groups is 2. The van der Waals surface area contributed by atoms with Gasteiger partial charge in [-0.3, -0.25) is 9.79 Å². The molecule has 0 radical (unpaired) electrons. The lowest BCUT2D eigenvalue weighted by Crippen LogP contribution is -2.28. The lowest BCUT2D eigenvalue weighted by molar-refractivity contribution is -0.113. The second-order valence-corrected chi connectivity index (χ2v) is 9.21. The molecule has 1 aliphatic heterocycles. The molecule has 1 heterocycles. The number of amides is 1. The topological polar surface area (TPSA) is 93.5 Å². The van der Waals surface area contributed by atoms with Crippen LogP contribution >= 0.6 is 23.5 Å². The van der Waals surface area contributed by atoms with E-state index in [4.69, 9.17) is 17.9 Å². The molecule has 1 aromatic rings. The van der Waals surface area contributed by atoms with Crippen molar-refractivity contribution in [2.45, 2.75) is 39.2 Å². The quantitative estimate of drug-likeness (QED) is 0.442. The maximum Gasteiger partial charge on any atom is 0.257 e. The number of terminal acetylenes is 1. The smallest absolute Gasteiger partial charge is 0.257 e. The van der Waals surface area contributed by atoms with E-state index < -0.39 is 5.91 Å². The molecule has 0 spiro atoms. The van der Waals surface area contributed by atoms with Crippen LogP contribution in [-0.2, 0) is 10.3 Å². The average Bonchev–Trinajstić information content (AvgIpc) is 2.66. The van der Waals surface area contributed by atoms with Crippen molar-refractivity contribution in [2.75, 3.05) is 16.8 Å². The molecule has 2 atom stereocenters. The number of amidine groups is 1. The van der Waals surface area contributed by atoms with Crippen molar-refractivity contribution in [1.29, 1.82) is 0 Å². The molecule has 0 saturated carbocycles. The second-order valence-electron chi connectivity index (χ2n) is 7.06. The zero-order valence-corrected chi connectivity index (χ0v) is 18.3. The summed E-state index contributed by atoms with van der Waals surface area (Å²) >= 11 is 2.99. The summed E-state index contributed by atoms with van der Waals surface area (Å²) in [6, 6.07) is 7.89. The van der Waals surface area contributed by atoms with Gasteiger partial charge in [0.15, 0.2) is 5.17 Å². The summed E-state index contributed by atoms with van der Waals surface area (Å²) in [6.45, 7) is 6.34. The van der Waals surface area contributed by atoms with Crippen LogP contribution in [0.3, 0.4) is 0 Å². The molecular formula is C21H28N4OS2. The highest BCUT2D eigenvalue weighted by Crippen LogP contribution is 2.35. The zero-order chi connectivity index (χ0) is 20.7. The van der Waals surface area contributed by atoms with E-state index in [0.29, 0.717) is 21.7 Å². The molecule has 150 valence electrons. The van der Waals surface area contributed by atoms with Crippen LogP contribution in [0.25, 0.3) is 0 Å². The SMILES string of the molecule is C#C/C(Nc1ccc(C2(C)CCSC(N)=N2)cc1)=C(\SCC(C)CC)C(N)=O. The Morgan fingerprint density at radius 3 is 2.68 bits per heavy atom. The highest BCUT2D eigenvalue weighted by atomic mass is 32.2. The number of carbonyl (C=O) groups excluding carboxylic acids is 1. The average molecular weight is 417 g/mol. The number of benzene rings is 1. The first kappa shape index (κ1) is 22.3. The third-order valence-corrected chi connectivity index (χ3v) is 7.00. The van der Waals surface area contributed by atoms with Gasteiger partial charge in [-0.1, -0.05) is 50.1 Å². The van der Waals surface area contributed by atoms with E-state index in [1.807, 2.05) is 24.3 Å². The molecule has 1 aromatic carbocycles. The molecule has 0 aliphatic carbocycles. The van der Waals surface area contributed by atoms with Crippen LogP contribution in [0, 0.1) is 18.3 Å². The summed E-state index contributed by atoms with van der Waals surface area (Å²) in [6.07, 6.45) is 7.62. The third-order valence-electron chi connectivity index (χ3n) is 4.78. The number of aliphatic imine (C=N–C) groups is 1. The monoisotopic (exact) mass is 416 g/mol. The maximum absolute atomic E-state index is 11.9. The van der Waals surface area contributed by atoms with Crippen molar-refractivity contribution in [1.82, 2.24) is 0 Å². The van der Waals surface area contributed by atoms with Gasteiger partial charge in [-0.25, -0.2) is 0 Å². The molecule has 0 fully saturated rings. The third kappa shape index (κ3) is 5.73. The zero-order valence-electron chi connectivity index (χ0n) is 16.6. The van der Waals surface area contributed by atoms with E-state index in [1.54, 1.807) is 11.8 Å². The number of anilines is 1. The Morgan fingerprint density at radius 2 is 2.14 bits per heavy atom. The fourth-order valence-electron chi connectivity index (χ4n) is 2.72. The minimum atomic E-state index is -0.512. The van der Waals surface area contributed by atoms with E-state index in [-0.39, 0.29) is 5.54 Å². The van der Waals surface area contributed by atoms with Crippen LogP contribution in [0.5, 0.6) is 0 Å². The van der Waals surface area contributed by atoms with Crippen LogP contribution < -0.4 is 16.8 Å². The number of allylic oxidation sites excluding steroid dienone is 1. The lowest BCUT2D eigenvalue weighted by atomic mass is 9.90. The van der Waals surface area contributed by atoms with Crippen molar-refractivity contribution >= 4 is 40.3 Å². The number of primary amides is 1. The molecule has 1 aliphatic rings. The van der Waals surface area contributed by atoms with Crippen LogP contribution in [0.15, 0.2) is 39.9 Å². The van der Waals surface area contributed by atoms with Gasteiger partial charge in [0.25, 0.3) is 5.91 Å². The molecule has 0 aromatic heterocycles. The minimum Gasteiger partial charge on any atom is -0.379 e. The number of hydrogen-bond acceptors (Lipinski definition) is 6. The lowest BCUT2D eigenvalue weighted by Gasteiger charge is -2.29. The summed E-state index contributed by atoms with van der Waals surface area (Å²) in [4.78, 5) is 16.9. The summed E-state index contributed by atoms with van der Waals surface area (Å²) in [7, 11) is 0. The number of rotatable bonds is 8. The summed E-state index contributed by atoms with van der Waals surface area (Å²) < 4.78 is 0. The Hall–Kier alpha value is -2.04. The molecule has 1 amide bonds. The van der Waals surface area contributed by atoms with Crippen molar-refractivity contribution < 1.29 is 4.79 Å². The van der Waals surface area contributed by atoms with Gasteiger partial charge in [0.05, 0.1) is 5.54 Å². The molecule has 28 heavy (non-hydrogen) atoms. The van der Waals surface area contributed by atoms with Gasteiger partial charge in [0.1, 0.15) is 10.6 Å². The number of carbonyl (C=O) groups is 1. The largest absolute Gasteiger partial charge is 0.379 e. The van der Waals surface area contributed by atoms with Crippen molar-refractivity contribution in [3.05, 3.63) is 40.4 Å². The maximum atomic E-state index is 11.9. The summed E-state index contributed by atoms with van der Waals surface area (Å²) in [5, 5.41) is 3.78. The Morgan fingerprint density at radius 1 is 1.46 bits per heavy atom. The van der Waals surface area contributed by atoms with E-state index in [0.717, 1.165) is 35.6 Å². The van der Waals surface area contributed by atoms with Crippen LogP contribution in [0.4, 0.5) is 5.69 Å². The fraction of sp³-hybridized carbons (Fsp3) is 0.429. The van der Waals surface area contributed by atoms with Gasteiger partial charge in [0.2, 0.25) is 0 Å². The van der Waals surface area contributed by atoms with Gasteiger partial charge in [-0.2, -0.15) is 0 Å². The number of nitrogens with two attached hydrogens (primary N) is 2. The van der Waals surface area contributed by atoms with Gasteiger partial charge >= 0.3 is 0 Å². The highest BCUT2D eigenvalue weighted by Gasteiger charge is 2.29. The highest BCUT2D eigenvalue weighted by molar-refractivity contribution is 8.13. The standard InChI is InChI=1S/C21H28N4OS2/c1-5-14(3)13-28-18(19(22)26)17(6-2)24-16-9-7-15(8-10-16)21(4)11-12-27-20(23)25-21/h2,7-10,14,24H,5,11-13H2,1,3-4H3,(H2,22,26)(H2,23,25)/b18-17+. The first-order chi connectivity index (χ1) is 13.3. The number of nitrogens with zero attached hydrogens (tertiary/aromatic N) is 1. The Kier molecular flexibility index (Phi) is 7.90. The van der Waals surface area contributed by atoms with Crippen molar-refractivity contribution in [2.24, 2.45) is 22.4 Å². The van der Waals surface area contributed by atoms with Gasteiger partial charge in [-0.15, -0.1) is 18.2 Å². The van der Waals surface area contributed by atoms with E-state index >= 15 is 0 Å². The van der Waals surface area contributed by atoms with Crippen LogP contribution in [0.2, 0.25) is 0 Å². The minimum absolute atomic E-state index is 0.316. The molecule has 2 rings (SSSR count). The molecular weight excluding hydrogens is 388 g/mol. The second kappa shape index (κ2) is 9.94. The normalized spacial score (nSPS) is 21.1. The molecule has 5 N–H and O–H groups in total. The van der Waals surface area contributed by atoms with E-state index in [1.165, 1.54) is 11.8 Å². The Balaban J connectivity index is 2.21. The van der Waals surface area contributed by atoms with Gasteiger partial charge in [-0.05, 0) is 37.0 Å². The van der Waals surface area contributed by atoms with Crippen LogP contribution in [0.1, 0.15) is 39.2 Å². The first-order valence-electron chi connectivity index (χ1n) is 9.28. The Bertz CT molecular complexity index is 811. The van der Waals surface area contributed by atoms with Crippen molar-refractivity contribution in [3.8, 4) is 12.3 Å². The van der Waals surface area contributed by atoms with Crippen molar-refractivity contribution in [3.63, 3.8) is 0 Å². The Labute approximate surface area is 176 Å². The molecule has 0 bridgehead atoms. The summed E-state index contributed by atoms with van der Waals surface area (Å²) in [5.74, 6) is 4.27. The number of nitrogens with one attached hydrogen (secondary N) is 1. The molecule has 0 saturated heterocycles. The van der Waals surface area contributed by atoms with Crippen LogP contribution in [-0.4, -0.2) is 22.6 Å². The predicted molar refractivity (Wildman–Crippen MR) is 123 cm³/mol.